The lowest BCUT2D eigenvalue weighted by Gasteiger charge is -2.19. The predicted molar refractivity (Wildman–Crippen MR) is 100 cm³/mol. The van der Waals surface area contributed by atoms with Crippen molar-refractivity contribution in [2.75, 3.05) is 12.8 Å². The molecule has 1 aliphatic rings. The van der Waals surface area contributed by atoms with E-state index in [9.17, 15) is 4.79 Å². The number of aromatic nitrogens is 2. The van der Waals surface area contributed by atoms with Crippen LogP contribution < -0.4 is 16.0 Å². The Labute approximate surface area is 146 Å². The maximum Gasteiger partial charge on any atom is 0.257 e. The van der Waals surface area contributed by atoms with Crippen molar-refractivity contribution < 1.29 is 4.74 Å². The lowest BCUT2D eigenvalue weighted by Crippen LogP contribution is -2.23. The third-order valence-corrected chi connectivity index (χ3v) is 5.01. The van der Waals surface area contributed by atoms with Gasteiger partial charge in [0.1, 0.15) is 11.6 Å². The molecule has 2 aromatic heterocycles. The number of nitrogen functional groups attached to an aromatic ring is 1. The van der Waals surface area contributed by atoms with E-state index in [0.29, 0.717) is 17.1 Å². The predicted octanol–water partition coefficient (Wildman–Crippen LogP) is 3.61. The quantitative estimate of drug-likeness (QED) is 0.794. The van der Waals surface area contributed by atoms with E-state index in [1.165, 1.54) is 0 Å². The molecule has 0 amide bonds. The Morgan fingerprint density at radius 3 is 2.52 bits per heavy atom. The van der Waals surface area contributed by atoms with Crippen LogP contribution in [-0.4, -0.2) is 16.7 Å². The summed E-state index contributed by atoms with van der Waals surface area (Å²) >= 11 is 0. The van der Waals surface area contributed by atoms with Crippen LogP contribution in [0.4, 0.5) is 5.82 Å². The van der Waals surface area contributed by atoms with Gasteiger partial charge in [0.2, 0.25) is 0 Å². The van der Waals surface area contributed by atoms with Crippen LogP contribution in [0.3, 0.4) is 0 Å². The number of benzene rings is 1. The molecule has 128 valence electrons. The highest BCUT2D eigenvalue weighted by molar-refractivity contribution is 5.94. The summed E-state index contributed by atoms with van der Waals surface area (Å²) in [5.41, 5.74) is 10.5. The van der Waals surface area contributed by atoms with E-state index < -0.39 is 0 Å². The maximum atomic E-state index is 12.9. The van der Waals surface area contributed by atoms with Gasteiger partial charge in [-0.1, -0.05) is 6.07 Å². The lowest BCUT2D eigenvalue weighted by molar-refractivity contribution is 0.414. The second-order valence-electron chi connectivity index (χ2n) is 6.67. The molecule has 1 aromatic carbocycles. The van der Waals surface area contributed by atoms with E-state index in [1.807, 2.05) is 23.6 Å². The van der Waals surface area contributed by atoms with Gasteiger partial charge in [0.05, 0.1) is 18.2 Å². The summed E-state index contributed by atoms with van der Waals surface area (Å²) in [4.78, 5) is 17.1. The van der Waals surface area contributed by atoms with Gasteiger partial charge in [-0.2, -0.15) is 0 Å². The van der Waals surface area contributed by atoms with Crippen LogP contribution in [0.15, 0.2) is 35.3 Å². The molecule has 5 nitrogen and oxygen atoms in total. The topological polar surface area (TPSA) is 70.1 Å². The number of fused-ring (bicyclic) bond motifs is 1. The van der Waals surface area contributed by atoms with Crippen molar-refractivity contribution in [3.63, 3.8) is 0 Å². The van der Waals surface area contributed by atoms with E-state index in [1.54, 1.807) is 19.4 Å². The molecule has 1 aliphatic carbocycles. The van der Waals surface area contributed by atoms with E-state index in [0.717, 1.165) is 40.4 Å². The Morgan fingerprint density at radius 2 is 1.92 bits per heavy atom. The summed E-state index contributed by atoms with van der Waals surface area (Å²) < 4.78 is 7.52. The van der Waals surface area contributed by atoms with Crippen LogP contribution in [0.2, 0.25) is 0 Å². The standard InChI is InChI=1S/C20H21N3O2/c1-11-15(13-4-9-17(21)22-10-13)7-8-16-18(11)23(14-5-6-14)20(24)12(2)19(16)25-3/h4,7-10,14H,5-6H2,1-3H3,(H2,21,22). The molecule has 0 bridgehead atoms. The van der Waals surface area contributed by atoms with Crippen molar-refractivity contribution in [1.29, 1.82) is 0 Å². The smallest absolute Gasteiger partial charge is 0.257 e. The van der Waals surface area contributed by atoms with Gasteiger partial charge in [0.25, 0.3) is 5.56 Å². The van der Waals surface area contributed by atoms with Gasteiger partial charge in [0.15, 0.2) is 0 Å². The molecule has 0 radical (unpaired) electrons. The van der Waals surface area contributed by atoms with Crippen molar-refractivity contribution in [3.05, 3.63) is 51.9 Å². The molecule has 2 N–H and O–H groups in total. The van der Waals surface area contributed by atoms with Crippen molar-refractivity contribution in [1.82, 2.24) is 9.55 Å². The molecule has 0 saturated heterocycles. The van der Waals surface area contributed by atoms with E-state index >= 15 is 0 Å². The zero-order valence-electron chi connectivity index (χ0n) is 14.7. The van der Waals surface area contributed by atoms with Gasteiger partial charge in [0, 0.05) is 23.2 Å². The fourth-order valence-electron chi connectivity index (χ4n) is 3.60. The molecule has 0 aliphatic heterocycles. The Bertz CT molecular complexity index is 1030. The molecule has 0 spiro atoms. The average molecular weight is 335 g/mol. The molecule has 3 aromatic rings. The summed E-state index contributed by atoms with van der Waals surface area (Å²) in [6.07, 6.45) is 3.87. The molecule has 2 heterocycles. The zero-order valence-corrected chi connectivity index (χ0v) is 14.7. The molecule has 0 atom stereocenters. The van der Waals surface area contributed by atoms with Gasteiger partial charge in [-0.05, 0) is 56.0 Å². The SMILES string of the molecule is COc1c(C)c(=O)n(C2CC2)c2c(C)c(-c3ccc(N)nc3)ccc12. The number of hydrogen-bond acceptors (Lipinski definition) is 4. The second-order valence-corrected chi connectivity index (χ2v) is 6.67. The fraction of sp³-hybridized carbons (Fsp3) is 0.300. The van der Waals surface area contributed by atoms with E-state index in [4.69, 9.17) is 10.5 Å². The number of methoxy groups -OCH3 is 1. The number of rotatable bonds is 3. The van der Waals surface area contributed by atoms with Crippen LogP contribution >= 0.6 is 0 Å². The Kier molecular flexibility index (Phi) is 3.53. The van der Waals surface area contributed by atoms with Crippen LogP contribution in [0.5, 0.6) is 5.75 Å². The number of pyridine rings is 2. The van der Waals surface area contributed by atoms with Crippen molar-refractivity contribution in [2.24, 2.45) is 0 Å². The normalized spacial score (nSPS) is 14.0. The average Bonchev–Trinajstić information content (AvgIpc) is 3.43. The third kappa shape index (κ3) is 2.38. The lowest BCUT2D eigenvalue weighted by atomic mass is 9.97. The van der Waals surface area contributed by atoms with Crippen LogP contribution in [0.1, 0.15) is 30.0 Å². The highest BCUT2D eigenvalue weighted by Crippen LogP contribution is 2.41. The minimum absolute atomic E-state index is 0.0440. The Balaban J connectivity index is 2.09. The molecule has 0 unspecified atom stereocenters. The highest BCUT2D eigenvalue weighted by atomic mass is 16.5. The number of hydrogen-bond donors (Lipinski definition) is 1. The third-order valence-electron chi connectivity index (χ3n) is 5.01. The fourth-order valence-corrected chi connectivity index (χ4v) is 3.60. The van der Waals surface area contributed by atoms with Gasteiger partial charge in [-0.15, -0.1) is 0 Å². The number of anilines is 1. The van der Waals surface area contributed by atoms with Crippen LogP contribution in [0, 0.1) is 13.8 Å². The van der Waals surface area contributed by atoms with Crippen molar-refractivity contribution >= 4 is 16.7 Å². The summed E-state index contributed by atoms with van der Waals surface area (Å²) in [7, 11) is 1.62. The first-order valence-corrected chi connectivity index (χ1v) is 8.47. The first-order valence-electron chi connectivity index (χ1n) is 8.47. The maximum absolute atomic E-state index is 12.9. The van der Waals surface area contributed by atoms with Crippen molar-refractivity contribution in [2.45, 2.75) is 32.7 Å². The van der Waals surface area contributed by atoms with Gasteiger partial charge < -0.3 is 15.0 Å². The minimum Gasteiger partial charge on any atom is -0.496 e. The minimum atomic E-state index is 0.0440. The first-order chi connectivity index (χ1) is 12.0. The Morgan fingerprint density at radius 1 is 1.16 bits per heavy atom. The molecule has 5 heteroatoms. The van der Waals surface area contributed by atoms with Gasteiger partial charge in [-0.25, -0.2) is 4.98 Å². The van der Waals surface area contributed by atoms with E-state index in [-0.39, 0.29) is 11.6 Å². The first kappa shape index (κ1) is 15.7. The van der Waals surface area contributed by atoms with Gasteiger partial charge >= 0.3 is 0 Å². The number of nitrogens with zero attached hydrogens (tertiary/aromatic N) is 2. The molecule has 1 fully saturated rings. The number of nitrogens with two attached hydrogens (primary N) is 1. The summed E-state index contributed by atoms with van der Waals surface area (Å²) in [6.45, 7) is 3.90. The molecule has 25 heavy (non-hydrogen) atoms. The van der Waals surface area contributed by atoms with E-state index in [2.05, 4.69) is 18.0 Å². The number of aryl methyl sites for hydroxylation is 1. The van der Waals surface area contributed by atoms with Crippen LogP contribution in [0.25, 0.3) is 22.0 Å². The van der Waals surface area contributed by atoms with Crippen molar-refractivity contribution in [3.8, 4) is 16.9 Å². The Hall–Kier alpha value is -2.82. The zero-order chi connectivity index (χ0) is 17.7. The summed E-state index contributed by atoms with van der Waals surface area (Å²) in [6, 6.07) is 8.15. The highest BCUT2D eigenvalue weighted by Gasteiger charge is 2.29. The summed E-state index contributed by atoms with van der Waals surface area (Å²) in [5, 5.41) is 0.983. The molecule has 1 saturated carbocycles. The molecular formula is C20H21N3O2. The van der Waals surface area contributed by atoms with Crippen LogP contribution in [-0.2, 0) is 0 Å². The monoisotopic (exact) mass is 335 g/mol. The van der Waals surface area contributed by atoms with Gasteiger partial charge in [-0.3, -0.25) is 4.79 Å². The summed E-state index contributed by atoms with van der Waals surface area (Å²) in [5.74, 6) is 1.16. The molecular weight excluding hydrogens is 314 g/mol. The second kappa shape index (κ2) is 5.62. The largest absolute Gasteiger partial charge is 0.496 e. The molecule has 4 rings (SSSR count). The number of ether oxygens (including phenoxy) is 1.